The van der Waals surface area contributed by atoms with E-state index in [0.717, 1.165) is 13.1 Å². The van der Waals surface area contributed by atoms with E-state index in [1.807, 2.05) is 0 Å². The molecule has 2 aliphatic rings. The molecule has 0 radical (unpaired) electrons. The van der Waals surface area contributed by atoms with Crippen molar-refractivity contribution in [3.8, 4) is 6.07 Å². The molecule has 1 aliphatic heterocycles. The summed E-state index contributed by atoms with van der Waals surface area (Å²) < 4.78 is 2.54. The number of benzene rings is 1. The van der Waals surface area contributed by atoms with Gasteiger partial charge in [0.25, 0.3) is 0 Å². The molecule has 1 aromatic carbocycles. The van der Waals surface area contributed by atoms with Gasteiger partial charge in [0.1, 0.15) is 12.1 Å². The van der Waals surface area contributed by atoms with Gasteiger partial charge in [0.05, 0.1) is 18.8 Å². The highest BCUT2D eigenvalue weighted by atomic mass is 15.2. The number of hydrogen-bond donors (Lipinski definition) is 1. The van der Waals surface area contributed by atoms with Crippen LogP contribution in [0.5, 0.6) is 0 Å². The van der Waals surface area contributed by atoms with E-state index in [2.05, 4.69) is 35.8 Å². The lowest BCUT2D eigenvalue weighted by Crippen LogP contribution is -3.13. The first-order valence-corrected chi connectivity index (χ1v) is 7.62. The first-order chi connectivity index (χ1) is 9.79. The lowest BCUT2D eigenvalue weighted by molar-refractivity contribution is -0.930. The molecule has 102 valence electrons. The van der Waals surface area contributed by atoms with E-state index in [0.29, 0.717) is 12.6 Å². The molecule has 1 aliphatic carbocycles. The van der Waals surface area contributed by atoms with Gasteiger partial charge in [-0.15, -0.1) is 0 Å². The summed E-state index contributed by atoms with van der Waals surface area (Å²) >= 11 is 0. The minimum atomic E-state index is 0.542. The fourth-order valence-electron chi connectivity index (χ4n) is 4.22. The molecule has 3 heteroatoms. The Bertz CT molecular complexity index is 720. The lowest BCUT2D eigenvalue weighted by Gasteiger charge is -2.35. The van der Waals surface area contributed by atoms with Crippen molar-refractivity contribution >= 4 is 10.9 Å². The number of nitriles is 1. The van der Waals surface area contributed by atoms with E-state index in [4.69, 9.17) is 5.26 Å². The molecule has 2 atom stereocenters. The molecule has 2 aromatic rings. The van der Waals surface area contributed by atoms with Crippen LogP contribution >= 0.6 is 0 Å². The largest absolute Gasteiger partial charge is 0.334 e. The summed E-state index contributed by atoms with van der Waals surface area (Å²) in [6, 6.07) is 9.77. The second-order valence-corrected chi connectivity index (χ2v) is 6.22. The number of aromatic nitrogens is 1. The maximum Gasteiger partial charge on any atom is 0.165 e. The topological polar surface area (TPSA) is 33.2 Å². The quantitative estimate of drug-likeness (QED) is 0.784. The van der Waals surface area contributed by atoms with Crippen LogP contribution in [0.3, 0.4) is 0 Å². The molecule has 20 heavy (non-hydrogen) atoms. The third-order valence-corrected chi connectivity index (χ3v) is 5.07. The molecule has 0 amide bonds. The van der Waals surface area contributed by atoms with Gasteiger partial charge in [0, 0.05) is 17.3 Å². The predicted molar refractivity (Wildman–Crippen MR) is 78.7 cm³/mol. The van der Waals surface area contributed by atoms with Gasteiger partial charge in [-0.3, -0.25) is 0 Å². The maximum absolute atomic E-state index is 9.07. The summed E-state index contributed by atoms with van der Waals surface area (Å²) in [5, 5.41) is 10.5. The van der Waals surface area contributed by atoms with Crippen molar-refractivity contribution in [3.63, 3.8) is 0 Å². The summed E-state index contributed by atoms with van der Waals surface area (Å²) in [6.07, 6.45) is 3.71. The van der Waals surface area contributed by atoms with E-state index in [1.165, 1.54) is 46.3 Å². The average molecular weight is 266 g/mol. The lowest BCUT2D eigenvalue weighted by atomic mass is 9.89. The van der Waals surface area contributed by atoms with E-state index < -0.39 is 0 Å². The zero-order chi connectivity index (χ0) is 13.7. The van der Waals surface area contributed by atoms with Crippen molar-refractivity contribution in [3.05, 3.63) is 35.0 Å². The van der Waals surface area contributed by atoms with Crippen molar-refractivity contribution in [1.29, 1.82) is 5.26 Å². The Kier molecular flexibility index (Phi) is 2.61. The highest BCUT2D eigenvalue weighted by Crippen LogP contribution is 2.37. The van der Waals surface area contributed by atoms with E-state index >= 15 is 0 Å². The first-order valence-electron chi connectivity index (χ1n) is 7.62. The summed E-state index contributed by atoms with van der Waals surface area (Å²) in [7, 11) is 0. The minimum absolute atomic E-state index is 0.542. The van der Waals surface area contributed by atoms with Gasteiger partial charge in [-0.2, -0.15) is 5.26 Å². The summed E-state index contributed by atoms with van der Waals surface area (Å²) in [5.41, 5.74) is 5.85. The van der Waals surface area contributed by atoms with Crippen LogP contribution in [0.25, 0.3) is 10.9 Å². The number of rotatable bonds is 1. The van der Waals surface area contributed by atoms with Gasteiger partial charge in [0.2, 0.25) is 0 Å². The van der Waals surface area contributed by atoms with Gasteiger partial charge < -0.3 is 9.47 Å². The molecule has 1 N–H and O–H groups in total. The minimum Gasteiger partial charge on any atom is -0.334 e. The van der Waals surface area contributed by atoms with Crippen molar-refractivity contribution in [1.82, 2.24) is 4.57 Å². The predicted octanol–water partition coefficient (Wildman–Crippen LogP) is 1.75. The Morgan fingerprint density at radius 3 is 3.20 bits per heavy atom. The second kappa shape index (κ2) is 4.36. The van der Waals surface area contributed by atoms with Crippen molar-refractivity contribution in [2.45, 2.75) is 38.8 Å². The molecule has 1 unspecified atom stereocenters. The molecule has 3 nitrogen and oxygen atoms in total. The van der Waals surface area contributed by atoms with Crippen LogP contribution < -0.4 is 4.90 Å². The van der Waals surface area contributed by atoms with Crippen LogP contribution in [-0.2, 0) is 13.0 Å². The van der Waals surface area contributed by atoms with Crippen LogP contribution in [-0.4, -0.2) is 17.7 Å². The smallest absolute Gasteiger partial charge is 0.165 e. The van der Waals surface area contributed by atoms with Gasteiger partial charge in [0.15, 0.2) is 6.54 Å². The normalized spacial score (nSPS) is 24.4. The number of quaternary nitrogens is 1. The van der Waals surface area contributed by atoms with Crippen LogP contribution in [0.2, 0.25) is 0 Å². The molecule has 0 bridgehead atoms. The zero-order valence-electron chi connectivity index (χ0n) is 11.9. The Labute approximate surface area is 119 Å². The molecule has 0 fully saturated rings. The SMILES string of the molecule is Cc1ccc2c(c1)c1c3n2CC[NH+](CC#N)[C@H]3CCC1. The Balaban J connectivity index is 1.96. The zero-order valence-corrected chi connectivity index (χ0v) is 11.9. The summed E-state index contributed by atoms with van der Waals surface area (Å²) in [6.45, 7) is 4.96. The maximum atomic E-state index is 9.07. The Morgan fingerprint density at radius 2 is 2.35 bits per heavy atom. The molecular weight excluding hydrogens is 246 g/mol. The number of hydrogen-bond acceptors (Lipinski definition) is 1. The average Bonchev–Trinajstić information content (AvgIpc) is 2.78. The highest BCUT2D eigenvalue weighted by Gasteiger charge is 2.37. The highest BCUT2D eigenvalue weighted by molar-refractivity contribution is 5.86. The van der Waals surface area contributed by atoms with Crippen molar-refractivity contribution in [2.75, 3.05) is 13.1 Å². The summed E-state index contributed by atoms with van der Waals surface area (Å²) in [5.74, 6) is 0. The molecule has 4 rings (SSSR count). The van der Waals surface area contributed by atoms with Crippen LogP contribution in [0.1, 0.15) is 35.7 Å². The number of fused-ring (bicyclic) bond motifs is 3. The van der Waals surface area contributed by atoms with Crippen LogP contribution in [0.4, 0.5) is 0 Å². The second-order valence-electron chi connectivity index (χ2n) is 6.22. The Hall–Kier alpha value is -1.79. The molecule has 0 saturated heterocycles. The number of aryl methyl sites for hydroxylation is 2. The van der Waals surface area contributed by atoms with E-state index in [9.17, 15) is 0 Å². The molecular formula is C17H20N3+. The van der Waals surface area contributed by atoms with E-state index in [-0.39, 0.29) is 0 Å². The first kappa shape index (κ1) is 12.0. The fraction of sp³-hybridized carbons (Fsp3) is 0.471. The van der Waals surface area contributed by atoms with Crippen molar-refractivity contribution in [2.24, 2.45) is 0 Å². The monoisotopic (exact) mass is 266 g/mol. The van der Waals surface area contributed by atoms with Gasteiger partial charge in [-0.1, -0.05) is 11.6 Å². The Morgan fingerprint density at radius 1 is 1.45 bits per heavy atom. The van der Waals surface area contributed by atoms with Gasteiger partial charge in [-0.25, -0.2) is 0 Å². The molecule has 2 heterocycles. The van der Waals surface area contributed by atoms with Crippen molar-refractivity contribution < 1.29 is 4.90 Å². The third-order valence-electron chi connectivity index (χ3n) is 5.07. The summed E-state index contributed by atoms with van der Waals surface area (Å²) in [4.78, 5) is 1.47. The third kappa shape index (κ3) is 1.55. The number of nitrogens with zero attached hydrogens (tertiary/aromatic N) is 2. The van der Waals surface area contributed by atoms with Crippen LogP contribution in [0.15, 0.2) is 18.2 Å². The van der Waals surface area contributed by atoms with E-state index in [1.54, 1.807) is 5.56 Å². The van der Waals surface area contributed by atoms with Gasteiger partial charge >= 0.3 is 0 Å². The molecule has 0 saturated carbocycles. The molecule has 1 aromatic heterocycles. The fourth-order valence-corrected chi connectivity index (χ4v) is 4.22. The van der Waals surface area contributed by atoms with Crippen LogP contribution in [0, 0.1) is 18.3 Å². The molecule has 0 spiro atoms. The standard InChI is InChI=1S/C17H19N3/c1-12-5-6-15-14(11-12)13-3-2-4-16-17(13)20(15)10-9-19(16)8-7-18/h5-6,11,16H,2-4,8-10H2,1H3/p+1/t16-/m0/s1. The number of nitrogens with one attached hydrogen (secondary N) is 1. The van der Waals surface area contributed by atoms with Gasteiger partial charge in [-0.05, 0) is 37.5 Å².